The van der Waals surface area contributed by atoms with E-state index in [4.69, 9.17) is 4.74 Å². The molecule has 2 amide bonds. The molecule has 98 valence electrons. The first-order valence-corrected chi connectivity index (χ1v) is 6.08. The molecule has 0 spiro atoms. The fraction of sp³-hybridized carbons (Fsp3) is 0.833. The van der Waals surface area contributed by atoms with Crippen LogP contribution in [0.2, 0.25) is 0 Å². The third-order valence-electron chi connectivity index (χ3n) is 2.58. The van der Waals surface area contributed by atoms with Gasteiger partial charge in [0, 0.05) is 6.04 Å². The van der Waals surface area contributed by atoms with Crippen LogP contribution in [-0.2, 0) is 9.53 Å². The normalized spacial score (nSPS) is 17.9. The van der Waals surface area contributed by atoms with Gasteiger partial charge in [-0.25, -0.2) is 4.79 Å². The number of ether oxygens (including phenoxy) is 1. The van der Waals surface area contributed by atoms with Crippen LogP contribution in [0.3, 0.4) is 0 Å². The van der Waals surface area contributed by atoms with Crippen molar-refractivity contribution in [3.63, 3.8) is 0 Å². The van der Waals surface area contributed by atoms with Gasteiger partial charge in [0.05, 0.1) is 0 Å². The molecule has 5 heteroatoms. The lowest BCUT2D eigenvalue weighted by atomic mass is 9.93. The molecular formula is C12H22N2O3. The summed E-state index contributed by atoms with van der Waals surface area (Å²) in [6, 6.07) is -0.282. The molecule has 0 radical (unpaired) electrons. The molecule has 0 aromatic heterocycles. The average Bonchev–Trinajstić information content (AvgIpc) is 2.07. The Morgan fingerprint density at radius 1 is 1.29 bits per heavy atom. The molecule has 0 heterocycles. The monoisotopic (exact) mass is 242 g/mol. The van der Waals surface area contributed by atoms with E-state index < -0.39 is 17.7 Å². The van der Waals surface area contributed by atoms with E-state index in [1.807, 2.05) is 0 Å². The smallest absolute Gasteiger partial charge is 0.408 e. The number of amides is 2. The van der Waals surface area contributed by atoms with Crippen molar-refractivity contribution in [3.05, 3.63) is 0 Å². The minimum absolute atomic E-state index is 0.152. The van der Waals surface area contributed by atoms with Gasteiger partial charge in [0.1, 0.15) is 11.6 Å². The minimum Gasteiger partial charge on any atom is -0.444 e. The van der Waals surface area contributed by atoms with Gasteiger partial charge in [-0.2, -0.15) is 0 Å². The zero-order valence-electron chi connectivity index (χ0n) is 11.0. The van der Waals surface area contributed by atoms with Crippen LogP contribution in [0.25, 0.3) is 0 Å². The summed E-state index contributed by atoms with van der Waals surface area (Å²) in [4.78, 5) is 23.1. The van der Waals surface area contributed by atoms with Gasteiger partial charge in [-0.3, -0.25) is 4.79 Å². The van der Waals surface area contributed by atoms with Gasteiger partial charge >= 0.3 is 6.09 Å². The van der Waals surface area contributed by atoms with Gasteiger partial charge in [-0.1, -0.05) is 0 Å². The molecule has 2 N–H and O–H groups in total. The Morgan fingerprint density at radius 3 is 2.29 bits per heavy atom. The number of alkyl carbamates (subject to hydrolysis) is 1. The van der Waals surface area contributed by atoms with Gasteiger partial charge in [-0.15, -0.1) is 0 Å². The largest absolute Gasteiger partial charge is 0.444 e. The lowest BCUT2D eigenvalue weighted by Crippen LogP contribution is -2.50. The third kappa shape index (κ3) is 5.06. The predicted octanol–water partition coefficient (Wildman–Crippen LogP) is 1.57. The van der Waals surface area contributed by atoms with Crippen molar-refractivity contribution in [2.45, 2.75) is 64.6 Å². The van der Waals surface area contributed by atoms with Crippen LogP contribution >= 0.6 is 0 Å². The van der Waals surface area contributed by atoms with Crippen LogP contribution in [0.5, 0.6) is 0 Å². The Bertz CT molecular complexity index is 293. The fourth-order valence-corrected chi connectivity index (χ4v) is 1.43. The Balaban J connectivity index is 2.29. The molecule has 0 aliphatic heterocycles. The molecular weight excluding hydrogens is 220 g/mol. The molecule has 0 aromatic rings. The van der Waals surface area contributed by atoms with E-state index >= 15 is 0 Å². The van der Waals surface area contributed by atoms with Crippen LogP contribution in [0.15, 0.2) is 0 Å². The van der Waals surface area contributed by atoms with Crippen molar-refractivity contribution in [2.75, 3.05) is 0 Å². The van der Waals surface area contributed by atoms with Crippen molar-refractivity contribution >= 4 is 12.0 Å². The molecule has 0 bridgehead atoms. The van der Waals surface area contributed by atoms with Crippen LogP contribution in [0.4, 0.5) is 4.79 Å². The molecule has 1 saturated carbocycles. The second-order valence-electron chi connectivity index (χ2n) is 5.50. The lowest BCUT2D eigenvalue weighted by molar-refractivity contribution is -0.124. The minimum atomic E-state index is -0.564. The first-order chi connectivity index (χ1) is 7.78. The first kappa shape index (κ1) is 13.8. The van der Waals surface area contributed by atoms with Gasteiger partial charge in [-0.05, 0) is 47.0 Å². The number of rotatable bonds is 3. The van der Waals surface area contributed by atoms with Crippen molar-refractivity contribution < 1.29 is 14.3 Å². The molecule has 1 aliphatic carbocycles. The summed E-state index contributed by atoms with van der Waals surface area (Å²) < 4.78 is 5.07. The molecule has 1 rings (SSSR count). The Kier molecular flexibility index (Phi) is 4.37. The summed E-state index contributed by atoms with van der Waals surface area (Å²) >= 11 is 0. The number of nitrogens with one attached hydrogen (secondary N) is 2. The number of hydrogen-bond acceptors (Lipinski definition) is 3. The SMILES string of the molecule is CC(NC(=O)OC(C)(C)C)C(=O)NC1CCC1. The van der Waals surface area contributed by atoms with Crippen LogP contribution in [0, 0.1) is 0 Å². The van der Waals surface area contributed by atoms with Crippen LogP contribution in [-0.4, -0.2) is 29.7 Å². The molecule has 1 fully saturated rings. The molecule has 0 saturated heterocycles. The zero-order chi connectivity index (χ0) is 13.1. The highest BCUT2D eigenvalue weighted by molar-refractivity contribution is 5.85. The number of carbonyl (C=O) groups is 2. The molecule has 1 atom stereocenters. The van der Waals surface area contributed by atoms with Crippen LogP contribution in [0.1, 0.15) is 47.0 Å². The van der Waals surface area contributed by atoms with Crippen molar-refractivity contribution in [1.82, 2.24) is 10.6 Å². The topological polar surface area (TPSA) is 67.4 Å². The van der Waals surface area contributed by atoms with Crippen molar-refractivity contribution in [3.8, 4) is 0 Å². The highest BCUT2D eigenvalue weighted by Crippen LogP contribution is 2.17. The van der Waals surface area contributed by atoms with Gasteiger partial charge < -0.3 is 15.4 Å². The Labute approximate surface area is 102 Å². The van der Waals surface area contributed by atoms with Crippen LogP contribution < -0.4 is 10.6 Å². The van der Waals surface area contributed by atoms with E-state index in [0.717, 1.165) is 12.8 Å². The van der Waals surface area contributed by atoms with E-state index in [2.05, 4.69) is 10.6 Å². The van der Waals surface area contributed by atoms with Gasteiger partial charge in [0.15, 0.2) is 0 Å². The van der Waals surface area contributed by atoms with E-state index in [0.29, 0.717) is 0 Å². The highest BCUT2D eigenvalue weighted by Gasteiger charge is 2.24. The highest BCUT2D eigenvalue weighted by atomic mass is 16.6. The second kappa shape index (κ2) is 5.38. The predicted molar refractivity (Wildman–Crippen MR) is 64.6 cm³/mol. The number of carbonyl (C=O) groups excluding carboxylic acids is 2. The summed E-state index contributed by atoms with van der Waals surface area (Å²) in [7, 11) is 0. The number of hydrogen-bond donors (Lipinski definition) is 2. The third-order valence-corrected chi connectivity index (χ3v) is 2.58. The maximum absolute atomic E-state index is 11.7. The summed E-state index contributed by atoms with van der Waals surface area (Å²) in [5.74, 6) is -0.152. The molecule has 17 heavy (non-hydrogen) atoms. The summed E-state index contributed by atoms with van der Waals surface area (Å²) in [6.07, 6.45) is 2.67. The summed E-state index contributed by atoms with van der Waals surface area (Å²) in [6.45, 7) is 7.00. The second-order valence-corrected chi connectivity index (χ2v) is 5.50. The molecule has 5 nitrogen and oxygen atoms in total. The fourth-order valence-electron chi connectivity index (χ4n) is 1.43. The quantitative estimate of drug-likeness (QED) is 0.789. The Hall–Kier alpha value is -1.26. The standard InChI is InChI=1S/C12H22N2O3/c1-8(10(15)14-9-6-5-7-9)13-11(16)17-12(2,3)4/h8-9H,5-7H2,1-4H3,(H,13,16)(H,14,15). The average molecular weight is 242 g/mol. The molecule has 1 unspecified atom stereocenters. The summed E-state index contributed by atoms with van der Waals surface area (Å²) in [5, 5.41) is 5.39. The maximum atomic E-state index is 11.7. The van der Waals surface area contributed by atoms with E-state index in [9.17, 15) is 9.59 Å². The van der Waals surface area contributed by atoms with Crippen molar-refractivity contribution in [1.29, 1.82) is 0 Å². The maximum Gasteiger partial charge on any atom is 0.408 e. The molecule has 0 aromatic carbocycles. The van der Waals surface area contributed by atoms with E-state index in [1.165, 1.54) is 6.42 Å². The van der Waals surface area contributed by atoms with E-state index in [-0.39, 0.29) is 11.9 Å². The zero-order valence-corrected chi connectivity index (χ0v) is 11.0. The first-order valence-electron chi connectivity index (χ1n) is 6.08. The Morgan fingerprint density at radius 2 is 1.88 bits per heavy atom. The van der Waals surface area contributed by atoms with Gasteiger partial charge in [0.25, 0.3) is 0 Å². The lowest BCUT2D eigenvalue weighted by Gasteiger charge is -2.28. The summed E-state index contributed by atoms with van der Waals surface area (Å²) in [5.41, 5.74) is -0.547. The van der Waals surface area contributed by atoms with Gasteiger partial charge in [0.2, 0.25) is 5.91 Å². The van der Waals surface area contributed by atoms with E-state index in [1.54, 1.807) is 27.7 Å². The van der Waals surface area contributed by atoms with Crippen molar-refractivity contribution in [2.24, 2.45) is 0 Å². The molecule has 1 aliphatic rings.